The Morgan fingerprint density at radius 2 is 1.81 bits per heavy atom. The molecule has 0 saturated carbocycles. The number of rotatable bonds is 1. The van der Waals surface area contributed by atoms with E-state index in [0.29, 0.717) is 6.61 Å². The summed E-state index contributed by atoms with van der Waals surface area (Å²) >= 11 is 0. The summed E-state index contributed by atoms with van der Waals surface area (Å²) in [6.45, 7) is 2.90. The maximum Gasteiger partial charge on any atom is 0.127 e. The van der Waals surface area contributed by atoms with Gasteiger partial charge in [0, 0.05) is 11.1 Å². The number of para-hydroxylation sites is 1. The van der Waals surface area contributed by atoms with Crippen LogP contribution in [0.3, 0.4) is 0 Å². The molecule has 1 nitrogen and oxygen atoms in total. The van der Waals surface area contributed by atoms with E-state index in [1.54, 1.807) is 0 Å². The number of ether oxygens (including phenoxy) is 1. The van der Waals surface area contributed by atoms with E-state index in [1.807, 2.05) is 12.1 Å². The Hall–Kier alpha value is -1.76. The molecular formula is C15H14O. The van der Waals surface area contributed by atoms with Gasteiger partial charge in [0.1, 0.15) is 12.4 Å². The molecule has 0 fully saturated rings. The predicted molar refractivity (Wildman–Crippen MR) is 65.6 cm³/mol. The third-order valence-corrected chi connectivity index (χ3v) is 3.20. The number of aryl methyl sites for hydroxylation is 1. The van der Waals surface area contributed by atoms with E-state index >= 15 is 0 Å². The van der Waals surface area contributed by atoms with Crippen molar-refractivity contribution in [3.8, 4) is 16.9 Å². The van der Waals surface area contributed by atoms with Crippen molar-refractivity contribution in [3.05, 3.63) is 53.6 Å². The summed E-state index contributed by atoms with van der Waals surface area (Å²) in [4.78, 5) is 0. The van der Waals surface area contributed by atoms with Crippen LogP contribution < -0.4 is 4.74 Å². The van der Waals surface area contributed by atoms with Gasteiger partial charge in [0.15, 0.2) is 0 Å². The Morgan fingerprint density at radius 3 is 2.69 bits per heavy atom. The minimum Gasteiger partial charge on any atom is -0.488 e. The highest BCUT2D eigenvalue weighted by Crippen LogP contribution is 2.38. The standard InChI is InChI=1S/C15H14O/c1-2-11-6-5-8-12-13-7-3-4-9-15(13)16-10-14(11)12/h3-9H,2,10H2,1H3. The molecule has 0 amide bonds. The fourth-order valence-electron chi connectivity index (χ4n) is 2.35. The van der Waals surface area contributed by atoms with Gasteiger partial charge < -0.3 is 4.74 Å². The molecule has 0 aliphatic carbocycles. The zero-order valence-electron chi connectivity index (χ0n) is 9.36. The lowest BCUT2D eigenvalue weighted by Gasteiger charge is -2.22. The normalized spacial score (nSPS) is 12.6. The van der Waals surface area contributed by atoms with Crippen molar-refractivity contribution < 1.29 is 4.74 Å². The Labute approximate surface area is 95.7 Å². The first kappa shape index (κ1) is 9.46. The molecule has 2 aromatic carbocycles. The van der Waals surface area contributed by atoms with Crippen LogP contribution in [0.4, 0.5) is 0 Å². The zero-order chi connectivity index (χ0) is 11.0. The quantitative estimate of drug-likeness (QED) is 0.695. The van der Waals surface area contributed by atoms with Crippen LogP contribution in [0.5, 0.6) is 5.75 Å². The molecule has 0 saturated heterocycles. The Bertz CT molecular complexity index is 529. The van der Waals surface area contributed by atoms with Gasteiger partial charge in [0.25, 0.3) is 0 Å². The van der Waals surface area contributed by atoms with Gasteiger partial charge >= 0.3 is 0 Å². The molecule has 1 aliphatic rings. The summed E-state index contributed by atoms with van der Waals surface area (Å²) in [5, 5.41) is 0. The Kier molecular flexibility index (Phi) is 2.17. The second-order valence-electron chi connectivity index (χ2n) is 4.08. The molecule has 0 bridgehead atoms. The van der Waals surface area contributed by atoms with Crippen LogP contribution in [0.2, 0.25) is 0 Å². The van der Waals surface area contributed by atoms with E-state index in [2.05, 4.69) is 37.3 Å². The molecule has 0 unspecified atom stereocenters. The monoisotopic (exact) mass is 210 g/mol. The topological polar surface area (TPSA) is 9.23 Å². The van der Waals surface area contributed by atoms with Gasteiger partial charge in [-0.2, -0.15) is 0 Å². The van der Waals surface area contributed by atoms with Crippen molar-refractivity contribution in [1.82, 2.24) is 0 Å². The number of fused-ring (bicyclic) bond motifs is 3. The van der Waals surface area contributed by atoms with Crippen LogP contribution >= 0.6 is 0 Å². The highest BCUT2D eigenvalue weighted by Gasteiger charge is 2.17. The van der Waals surface area contributed by atoms with E-state index in [1.165, 1.54) is 22.3 Å². The van der Waals surface area contributed by atoms with Crippen molar-refractivity contribution in [2.24, 2.45) is 0 Å². The third-order valence-electron chi connectivity index (χ3n) is 3.20. The molecule has 1 heterocycles. The molecule has 0 radical (unpaired) electrons. The zero-order valence-corrected chi connectivity index (χ0v) is 9.36. The first-order chi connectivity index (χ1) is 7.90. The van der Waals surface area contributed by atoms with Gasteiger partial charge in [0.2, 0.25) is 0 Å². The molecule has 1 aliphatic heterocycles. The van der Waals surface area contributed by atoms with Crippen molar-refractivity contribution in [2.45, 2.75) is 20.0 Å². The smallest absolute Gasteiger partial charge is 0.127 e. The molecular weight excluding hydrogens is 196 g/mol. The molecule has 0 N–H and O–H groups in total. The van der Waals surface area contributed by atoms with E-state index in [9.17, 15) is 0 Å². The van der Waals surface area contributed by atoms with Crippen molar-refractivity contribution in [2.75, 3.05) is 0 Å². The molecule has 0 spiro atoms. The summed E-state index contributed by atoms with van der Waals surface area (Å²) in [5.74, 6) is 1.00. The van der Waals surface area contributed by atoms with Gasteiger partial charge in [-0.1, -0.05) is 43.3 Å². The highest BCUT2D eigenvalue weighted by molar-refractivity contribution is 5.75. The minimum atomic E-state index is 0.705. The lowest BCUT2D eigenvalue weighted by atomic mass is 9.92. The minimum absolute atomic E-state index is 0.705. The lowest BCUT2D eigenvalue weighted by Crippen LogP contribution is -2.07. The first-order valence-electron chi connectivity index (χ1n) is 5.73. The summed E-state index contributed by atoms with van der Waals surface area (Å²) < 4.78 is 5.79. The molecule has 2 aromatic rings. The van der Waals surface area contributed by atoms with Crippen LogP contribution in [-0.4, -0.2) is 0 Å². The van der Waals surface area contributed by atoms with E-state index in [0.717, 1.165) is 12.2 Å². The average Bonchev–Trinajstić information content (AvgIpc) is 2.37. The van der Waals surface area contributed by atoms with Gasteiger partial charge in [-0.05, 0) is 23.6 Å². The fourth-order valence-corrected chi connectivity index (χ4v) is 2.35. The molecule has 0 atom stereocenters. The van der Waals surface area contributed by atoms with Crippen LogP contribution in [0.1, 0.15) is 18.1 Å². The highest BCUT2D eigenvalue weighted by atomic mass is 16.5. The van der Waals surface area contributed by atoms with Crippen molar-refractivity contribution in [1.29, 1.82) is 0 Å². The van der Waals surface area contributed by atoms with Crippen LogP contribution in [0.15, 0.2) is 42.5 Å². The van der Waals surface area contributed by atoms with E-state index in [4.69, 9.17) is 4.74 Å². The second-order valence-corrected chi connectivity index (χ2v) is 4.08. The predicted octanol–water partition coefficient (Wildman–Crippen LogP) is 3.81. The van der Waals surface area contributed by atoms with Crippen molar-refractivity contribution in [3.63, 3.8) is 0 Å². The van der Waals surface area contributed by atoms with Gasteiger partial charge in [-0.3, -0.25) is 0 Å². The fraction of sp³-hybridized carbons (Fsp3) is 0.200. The van der Waals surface area contributed by atoms with Gasteiger partial charge in [-0.15, -0.1) is 0 Å². The molecule has 16 heavy (non-hydrogen) atoms. The second kappa shape index (κ2) is 3.67. The maximum absolute atomic E-state index is 5.79. The molecule has 0 aromatic heterocycles. The van der Waals surface area contributed by atoms with Gasteiger partial charge in [0.05, 0.1) is 0 Å². The number of hydrogen-bond acceptors (Lipinski definition) is 1. The Morgan fingerprint density at radius 1 is 1.00 bits per heavy atom. The third kappa shape index (κ3) is 1.32. The van der Waals surface area contributed by atoms with Gasteiger partial charge in [-0.25, -0.2) is 0 Å². The Balaban J connectivity index is 2.25. The molecule has 3 rings (SSSR count). The largest absolute Gasteiger partial charge is 0.488 e. The summed E-state index contributed by atoms with van der Waals surface area (Å²) in [7, 11) is 0. The number of benzene rings is 2. The van der Waals surface area contributed by atoms with E-state index < -0.39 is 0 Å². The molecule has 1 heteroatoms. The van der Waals surface area contributed by atoms with Crippen LogP contribution in [0, 0.1) is 0 Å². The van der Waals surface area contributed by atoms with Crippen molar-refractivity contribution >= 4 is 0 Å². The maximum atomic E-state index is 5.79. The van der Waals surface area contributed by atoms with E-state index in [-0.39, 0.29) is 0 Å². The van der Waals surface area contributed by atoms with Crippen LogP contribution in [0.25, 0.3) is 11.1 Å². The first-order valence-corrected chi connectivity index (χ1v) is 5.73. The lowest BCUT2D eigenvalue weighted by molar-refractivity contribution is 0.301. The molecule has 80 valence electrons. The van der Waals surface area contributed by atoms with Crippen LogP contribution in [-0.2, 0) is 13.0 Å². The average molecular weight is 210 g/mol. The SMILES string of the molecule is CCc1cccc2c1COc1ccccc1-2. The summed E-state index contributed by atoms with van der Waals surface area (Å²) in [5.41, 5.74) is 5.30. The summed E-state index contributed by atoms with van der Waals surface area (Å²) in [6.07, 6.45) is 1.06. The summed E-state index contributed by atoms with van der Waals surface area (Å²) in [6, 6.07) is 14.8. The number of hydrogen-bond donors (Lipinski definition) is 0.